The van der Waals surface area contributed by atoms with Gasteiger partial charge in [-0.2, -0.15) is 4.52 Å². The summed E-state index contributed by atoms with van der Waals surface area (Å²) in [6.07, 6.45) is 1.54. The van der Waals surface area contributed by atoms with Gasteiger partial charge in [-0.1, -0.05) is 84.4 Å². The van der Waals surface area contributed by atoms with Crippen LogP contribution in [0.5, 0.6) is 5.75 Å². The first kappa shape index (κ1) is 23.5. The maximum absolute atomic E-state index is 14.2. The molecule has 3 aromatic heterocycles. The summed E-state index contributed by atoms with van der Waals surface area (Å²) in [5.74, 6) is 1.58. The maximum Gasteiger partial charge on any atom is 0.282 e. The second-order valence-corrected chi connectivity index (χ2v) is 9.05. The molecule has 0 fully saturated rings. The Bertz CT molecular complexity index is 1780. The quantitative estimate of drug-likeness (QED) is 0.252. The number of H-pyrrole nitrogens is 1. The van der Waals surface area contributed by atoms with Crippen molar-refractivity contribution in [2.75, 3.05) is 12.4 Å². The van der Waals surface area contributed by atoms with E-state index >= 15 is 0 Å². The second-order valence-electron chi connectivity index (χ2n) is 8.61. The summed E-state index contributed by atoms with van der Waals surface area (Å²) >= 11 is 6.05. The number of fused-ring (bicyclic) bond motifs is 1. The molecule has 2 N–H and O–H groups in total. The van der Waals surface area contributed by atoms with E-state index in [1.165, 1.54) is 4.52 Å². The van der Waals surface area contributed by atoms with E-state index in [2.05, 4.69) is 15.4 Å². The number of nitrogens with zero attached hydrogens (tertiary/aromatic N) is 3. The molecule has 6 rings (SSSR count). The molecule has 0 aliphatic heterocycles. The predicted octanol–water partition coefficient (Wildman–Crippen LogP) is 6.82. The monoisotopic (exact) mass is 519 g/mol. The van der Waals surface area contributed by atoms with Crippen molar-refractivity contribution < 1.29 is 4.74 Å². The van der Waals surface area contributed by atoms with Crippen LogP contribution in [0, 0.1) is 0 Å². The normalized spacial score (nSPS) is 11.0. The molecule has 3 heterocycles. The number of nitrogens with one attached hydrogen (secondary N) is 2. The zero-order chi connectivity index (χ0) is 26.1. The first-order chi connectivity index (χ1) is 18.6. The van der Waals surface area contributed by atoms with Gasteiger partial charge in [0.15, 0.2) is 5.65 Å². The van der Waals surface area contributed by atoms with Crippen LogP contribution in [0.1, 0.15) is 0 Å². The highest BCUT2D eigenvalue weighted by molar-refractivity contribution is 6.30. The Balaban J connectivity index is 1.66. The lowest BCUT2D eigenvalue weighted by Crippen LogP contribution is -2.19. The zero-order valence-electron chi connectivity index (χ0n) is 20.4. The molecule has 0 saturated carbocycles. The third-order valence-corrected chi connectivity index (χ3v) is 6.48. The van der Waals surface area contributed by atoms with Gasteiger partial charge in [0.2, 0.25) is 0 Å². The minimum absolute atomic E-state index is 0.254. The SMILES string of the molecule is COc1ccc(-c2c(Nc3ccc(Cl)cn3)nc3c(-c4ccccc4)c(-c4ccccc4)[nH]n3c2=O)cc1. The Morgan fingerprint density at radius 2 is 1.47 bits per heavy atom. The van der Waals surface area contributed by atoms with Gasteiger partial charge in [-0.15, -0.1) is 0 Å². The van der Waals surface area contributed by atoms with E-state index < -0.39 is 0 Å². The number of hydrogen-bond donors (Lipinski definition) is 2. The summed E-state index contributed by atoms with van der Waals surface area (Å²) in [5, 5.41) is 7.10. The van der Waals surface area contributed by atoms with Crippen molar-refractivity contribution >= 4 is 28.9 Å². The fourth-order valence-electron chi connectivity index (χ4n) is 4.44. The van der Waals surface area contributed by atoms with E-state index in [0.29, 0.717) is 39.2 Å². The van der Waals surface area contributed by atoms with Gasteiger partial charge in [-0.3, -0.25) is 9.89 Å². The van der Waals surface area contributed by atoms with E-state index in [1.54, 1.807) is 25.4 Å². The first-order valence-electron chi connectivity index (χ1n) is 11.9. The van der Waals surface area contributed by atoms with Gasteiger partial charge in [-0.25, -0.2) is 9.97 Å². The lowest BCUT2D eigenvalue weighted by molar-refractivity contribution is 0.415. The molecule has 0 radical (unpaired) electrons. The molecular formula is C30H22ClN5O2. The topological polar surface area (TPSA) is 84.3 Å². The average molecular weight is 520 g/mol. The number of anilines is 2. The van der Waals surface area contributed by atoms with Crippen LogP contribution in [0.3, 0.4) is 0 Å². The Hall–Kier alpha value is -4.88. The Kier molecular flexibility index (Phi) is 6.11. The molecule has 7 nitrogen and oxygen atoms in total. The standard InChI is InChI=1S/C30H22ClN5O2/c1-38-23-15-12-20(13-16-23)26-28(33-24-17-14-22(31)18-32-24)34-29-25(19-8-4-2-5-9-19)27(35-36(29)30(26)37)21-10-6-3-7-11-21/h2-18,35H,1H3,(H,32,33). The smallest absolute Gasteiger partial charge is 0.282 e. The Morgan fingerprint density at radius 1 is 0.816 bits per heavy atom. The van der Waals surface area contributed by atoms with Crippen LogP contribution < -0.4 is 15.6 Å². The lowest BCUT2D eigenvalue weighted by Gasteiger charge is -2.12. The van der Waals surface area contributed by atoms with Crippen molar-refractivity contribution in [3.63, 3.8) is 0 Å². The molecule has 0 saturated heterocycles. The molecule has 0 aliphatic carbocycles. The summed E-state index contributed by atoms with van der Waals surface area (Å²) in [4.78, 5) is 23.5. The van der Waals surface area contributed by atoms with E-state index in [1.807, 2.05) is 84.9 Å². The van der Waals surface area contributed by atoms with Crippen LogP contribution in [0.4, 0.5) is 11.6 Å². The third-order valence-electron chi connectivity index (χ3n) is 6.26. The first-order valence-corrected chi connectivity index (χ1v) is 12.3. The van der Waals surface area contributed by atoms with E-state index in [-0.39, 0.29) is 5.56 Å². The molecule has 6 aromatic rings. The third kappa shape index (κ3) is 4.29. The molecule has 0 spiro atoms. The average Bonchev–Trinajstić information content (AvgIpc) is 3.35. The number of aromatic nitrogens is 4. The molecule has 0 bridgehead atoms. The van der Waals surface area contributed by atoms with Crippen molar-refractivity contribution in [3.05, 3.63) is 119 Å². The van der Waals surface area contributed by atoms with Crippen LogP contribution in [0.25, 0.3) is 39.2 Å². The fraction of sp³-hybridized carbons (Fsp3) is 0.0333. The highest BCUT2D eigenvalue weighted by Gasteiger charge is 2.23. The van der Waals surface area contributed by atoms with Gasteiger partial charge in [0.05, 0.1) is 29.0 Å². The van der Waals surface area contributed by atoms with E-state index in [0.717, 1.165) is 22.4 Å². The number of aromatic amines is 1. The van der Waals surface area contributed by atoms with Crippen LogP contribution in [-0.4, -0.2) is 26.7 Å². The minimum Gasteiger partial charge on any atom is -0.497 e. The molecule has 38 heavy (non-hydrogen) atoms. The van der Waals surface area contributed by atoms with Gasteiger partial charge in [0, 0.05) is 11.8 Å². The predicted molar refractivity (Wildman–Crippen MR) is 151 cm³/mol. The Morgan fingerprint density at radius 3 is 2.11 bits per heavy atom. The number of halogens is 1. The summed E-state index contributed by atoms with van der Waals surface area (Å²) in [5.41, 5.74) is 4.81. The maximum atomic E-state index is 14.2. The van der Waals surface area contributed by atoms with Crippen molar-refractivity contribution in [3.8, 4) is 39.3 Å². The number of benzene rings is 3. The number of ether oxygens (including phenoxy) is 1. The molecule has 0 amide bonds. The second kappa shape index (κ2) is 9.88. The molecule has 0 unspecified atom stereocenters. The lowest BCUT2D eigenvalue weighted by atomic mass is 10.0. The van der Waals surface area contributed by atoms with Crippen molar-refractivity contribution in [2.45, 2.75) is 0 Å². The fourth-order valence-corrected chi connectivity index (χ4v) is 4.56. The van der Waals surface area contributed by atoms with E-state index in [9.17, 15) is 4.79 Å². The van der Waals surface area contributed by atoms with Crippen LogP contribution in [0.15, 0.2) is 108 Å². The summed E-state index contributed by atoms with van der Waals surface area (Å²) in [6, 6.07) is 30.6. The number of rotatable bonds is 6. The van der Waals surface area contributed by atoms with Crippen molar-refractivity contribution in [1.82, 2.24) is 19.6 Å². The Labute approximate surface area is 223 Å². The van der Waals surface area contributed by atoms with Gasteiger partial charge >= 0.3 is 0 Å². The molecule has 186 valence electrons. The van der Waals surface area contributed by atoms with Crippen molar-refractivity contribution in [1.29, 1.82) is 0 Å². The van der Waals surface area contributed by atoms with E-state index in [4.69, 9.17) is 21.3 Å². The van der Waals surface area contributed by atoms with Gasteiger partial charge in [0.25, 0.3) is 5.56 Å². The number of pyridine rings is 1. The van der Waals surface area contributed by atoms with Crippen molar-refractivity contribution in [2.24, 2.45) is 0 Å². The van der Waals surface area contributed by atoms with Crippen LogP contribution >= 0.6 is 11.6 Å². The van der Waals surface area contributed by atoms with Gasteiger partial charge in [-0.05, 0) is 35.4 Å². The zero-order valence-corrected chi connectivity index (χ0v) is 21.1. The molecule has 0 aliphatic rings. The van der Waals surface area contributed by atoms with Gasteiger partial charge < -0.3 is 10.1 Å². The van der Waals surface area contributed by atoms with Crippen LogP contribution in [0.2, 0.25) is 5.02 Å². The van der Waals surface area contributed by atoms with Crippen LogP contribution in [-0.2, 0) is 0 Å². The highest BCUT2D eigenvalue weighted by Crippen LogP contribution is 2.36. The van der Waals surface area contributed by atoms with Gasteiger partial charge in [0.1, 0.15) is 17.4 Å². The number of hydrogen-bond acceptors (Lipinski definition) is 5. The highest BCUT2D eigenvalue weighted by atomic mass is 35.5. The summed E-state index contributed by atoms with van der Waals surface area (Å²) in [6.45, 7) is 0. The molecular weight excluding hydrogens is 498 g/mol. The summed E-state index contributed by atoms with van der Waals surface area (Å²) < 4.78 is 6.82. The molecule has 0 atom stereocenters. The number of methoxy groups -OCH3 is 1. The minimum atomic E-state index is -0.254. The largest absolute Gasteiger partial charge is 0.497 e. The summed E-state index contributed by atoms with van der Waals surface area (Å²) in [7, 11) is 1.60. The molecule has 3 aromatic carbocycles. The molecule has 8 heteroatoms.